The zero-order valence-corrected chi connectivity index (χ0v) is 5.94. The average molecular weight is 125 g/mol. The van der Waals surface area contributed by atoms with Crippen molar-refractivity contribution >= 4 is 0 Å². The average Bonchev–Trinajstić information content (AvgIpc) is 1.89. The van der Waals surface area contributed by atoms with E-state index in [1.54, 1.807) is 0 Å². The zero-order chi connectivity index (χ0) is 6.95. The number of rotatable bonds is 3. The van der Waals surface area contributed by atoms with E-state index in [-0.39, 0.29) is 6.61 Å². The molecular formula is C8H13O. The third kappa shape index (κ3) is 7.52. The molecule has 0 aliphatic carbocycles. The van der Waals surface area contributed by atoms with Crippen molar-refractivity contribution in [2.24, 2.45) is 0 Å². The van der Waals surface area contributed by atoms with E-state index in [0.29, 0.717) is 0 Å². The molecule has 0 unspecified atom stereocenters. The molecule has 0 saturated heterocycles. The fourth-order valence-corrected chi connectivity index (χ4v) is 0.603. The number of hydrogen-bond acceptors (Lipinski definition) is 0. The Hall–Kier alpha value is -0.480. The lowest BCUT2D eigenvalue weighted by atomic mass is 10.2. The first kappa shape index (κ1) is 8.52. The van der Waals surface area contributed by atoms with Crippen LogP contribution < -0.4 is 0 Å². The quantitative estimate of drug-likeness (QED) is 0.406. The molecule has 0 rings (SSSR count). The monoisotopic (exact) mass is 125 g/mol. The summed E-state index contributed by atoms with van der Waals surface area (Å²) in [5.74, 6) is 5.31. The van der Waals surface area contributed by atoms with E-state index in [4.69, 9.17) is 0 Å². The van der Waals surface area contributed by atoms with Crippen LogP contribution in [-0.2, 0) is 5.11 Å². The molecule has 0 aliphatic rings. The number of unbranched alkanes of at least 4 members (excludes halogenated alkanes) is 3. The Morgan fingerprint density at radius 1 is 1.22 bits per heavy atom. The van der Waals surface area contributed by atoms with Gasteiger partial charge in [0.2, 0.25) is 0 Å². The van der Waals surface area contributed by atoms with Crippen molar-refractivity contribution < 1.29 is 5.11 Å². The van der Waals surface area contributed by atoms with Gasteiger partial charge in [-0.1, -0.05) is 25.7 Å². The second kappa shape index (κ2) is 7.52. The molecule has 1 heteroatoms. The number of hydrogen-bond donors (Lipinski definition) is 0. The smallest absolute Gasteiger partial charge is 0.143 e. The summed E-state index contributed by atoms with van der Waals surface area (Å²) in [5.41, 5.74) is 0. The molecule has 1 radical (unpaired) electrons. The molecule has 0 aromatic heterocycles. The minimum Gasteiger partial charge on any atom is -0.223 e. The molecule has 0 bridgehead atoms. The topological polar surface area (TPSA) is 19.9 Å². The Balaban J connectivity index is 2.90. The fraction of sp³-hybridized carbons (Fsp3) is 0.750. The molecule has 0 fully saturated rings. The van der Waals surface area contributed by atoms with Gasteiger partial charge in [0.05, 0.1) is 0 Å². The van der Waals surface area contributed by atoms with Crippen LogP contribution in [-0.4, -0.2) is 6.61 Å². The van der Waals surface area contributed by atoms with Gasteiger partial charge in [-0.25, -0.2) is 5.11 Å². The van der Waals surface area contributed by atoms with E-state index < -0.39 is 0 Å². The molecular weight excluding hydrogens is 112 g/mol. The molecule has 51 valence electrons. The predicted molar refractivity (Wildman–Crippen MR) is 37.5 cm³/mol. The van der Waals surface area contributed by atoms with Crippen LogP contribution in [0.5, 0.6) is 0 Å². The van der Waals surface area contributed by atoms with Gasteiger partial charge in [0.15, 0.2) is 0 Å². The van der Waals surface area contributed by atoms with Gasteiger partial charge in [0.1, 0.15) is 6.61 Å². The standard InChI is InChI=1S/C8H13O/c1-2-3-4-5-6-7-8-9/h2-5,8H2,1H3. The first-order chi connectivity index (χ1) is 4.41. The van der Waals surface area contributed by atoms with Gasteiger partial charge in [-0.3, -0.25) is 0 Å². The van der Waals surface area contributed by atoms with Crippen LogP contribution in [0.25, 0.3) is 0 Å². The van der Waals surface area contributed by atoms with Gasteiger partial charge >= 0.3 is 0 Å². The Morgan fingerprint density at radius 3 is 2.56 bits per heavy atom. The molecule has 0 heterocycles. The Labute approximate surface area is 57.1 Å². The SMILES string of the molecule is CCCCCC#CC[O]. The highest BCUT2D eigenvalue weighted by molar-refractivity contribution is 4.97. The van der Waals surface area contributed by atoms with Gasteiger partial charge < -0.3 is 0 Å². The normalized spacial score (nSPS) is 8.22. The van der Waals surface area contributed by atoms with Crippen molar-refractivity contribution in [2.75, 3.05) is 6.61 Å². The molecule has 0 aromatic carbocycles. The van der Waals surface area contributed by atoms with E-state index in [1.807, 2.05) is 0 Å². The maximum atomic E-state index is 9.79. The third-order valence-corrected chi connectivity index (χ3v) is 1.10. The highest BCUT2D eigenvalue weighted by Gasteiger charge is 1.79. The lowest BCUT2D eigenvalue weighted by Gasteiger charge is -1.87. The molecule has 1 nitrogen and oxygen atoms in total. The van der Waals surface area contributed by atoms with Crippen molar-refractivity contribution in [3.8, 4) is 11.8 Å². The second-order valence-electron chi connectivity index (χ2n) is 1.95. The lowest BCUT2D eigenvalue weighted by molar-refractivity contribution is 0.239. The van der Waals surface area contributed by atoms with Crippen LogP contribution in [0.2, 0.25) is 0 Å². The van der Waals surface area contributed by atoms with Gasteiger partial charge in [0.25, 0.3) is 0 Å². The maximum Gasteiger partial charge on any atom is 0.143 e. The largest absolute Gasteiger partial charge is 0.223 e. The van der Waals surface area contributed by atoms with E-state index in [1.165, 1.54) is 12.8 Å². The third-order valence-electron chi connectivity index (χ3n) is 1.10. The predicted octanol–water partition coefficient (Wildman–Crippen LogP) is 2.00. The summed E-state index contributed by atoms with van der Waals surface area (Å²) in [6.07, 6.45) is 4.49. The molecule has 0 spiro atoms. The zero-order valence-electron chi connectivity index (χ0n) is 5.94. The lowest BCUT2D eigenvalue weighted by Crippen LogP contribution is -1.72. The first-order valence-electron chi connectivity index (χ1n) is 3.45. The Bertz CT molecular complexity index is 96.9. The summed E-state index contributed by atoms with van der Waals surface area (Å²) < 4.78 is 0. The van der Waals surface area contributed by atoms with Gasteiger partial charge in [-0.15, -0.1) is 5.92 Å². The minimum absolute atomic E-state index is 0.244. The molecule has 0 aromatic rings. The Kier molecular flexibility index (Phi) is 7.12. The minimum atomic E-state index is -0.244. The molecule has 0 N–H and O–H groups in total. The van der Waals surface area contributed by atoms with Crippen molar-refractivity contribution in [2.45, 2.75) is 32.6 Å². The van der Waals surface area contributed by atoms with E-state index in [0.717, 1.165) is 12.8 Å². The summed E-state index contributed by atoms with van der Waals surface area (Å²) in [5, 5.41) is 9.79. The van der Waals surface area contributed by atoms with Crippen molar-refractivity contribution in [3.63, 3.8) is 0 Å². The van der Waals surface area contributed by atoms with E-state index in [9.17, 15) is 5.11 Å². The summed E-state index contributed by atoms with van der Waals surface area (Å²) in [6, 6.07) is 0. The van der Waals surface area contributed by atoms with Crippen molar-refractivity contribution in [3.05, 3.63) is 0 Å². The van der Waals surface area contributed by atoms with Gasteiger partial charge in [-0.2, -0.15) is 0 Å². The highest BCUT2D eigenvalue weighted by atomic mass is 16.2. The molecule has 9 heavy (non-hydrogen) atoms. The van der Waals surface area contributed by atoms with Crippen LogP contribution in [0.1, 0.15) is 32.6 Å². The maximum absolute atomic E-state index is 9.79. The molecule has 0 atom stereocenters. The van der Waals surface area contributed by atoms with E-state index >= 15 is 0 Å². The van der Waals surface area contributed by atoms with Gasteiger partial charge in [0, 0.05) is 6.42 Å². The van der Waals surface area contributed by atoms with Crippen LogP contribution in [0.3, 0.4) is 0 Å². The van der Waals surface area contributed by atoms with Crippen LogP contribution >= 0.6 is 0 Å². The molecule has 0 amide bonds. The summed E-state index contributed by atoms with van der Waals surface area (Å²) >= 11 is 0. The van der Waals surface area contributed by atoms with Crippen LogP contribution in [0, 0.1) is 11.8 Å². The summed E-state index contributed by atoms with van der Waals surface area (Å²) in [6.45, 7) is 1.91. The Morgan fingerprint density at radius 2 is 2.00 bits per heavy atom. The van der Waals surface area contributed by atoms with Crippen LogP contribution in [0.15, 0.2) is 0 Å². The summed E-state index contributed by atoms with van der Waals surface area (Å²) in [4.78, 5) is 0. The molecule has 0 saturated carbocycles. The fourth-order valence-electron chi connectivity index (χ4n) is 0.603. The first-order valence-corrected chi connectivity index (χ1v) is 3.45. The van der Waals surface area contributed by atoms with Gasteiger partial charge in [-0.05, 0) is 6.42 Å². The van der Waals surface area contributed by atoms with Crippen molar-refractivity contribution in [1.82, 2.24) is 0 Å². The van der Waals surface area contributed by atoms with E-state index in [2.05, 4.69) is 18.8 Å². The van der Waals surface area contributed by atoms with Crippen molar-refractivity contribution in [1.29, 1.82) is 0 Å². The molecule has 0 aliphatic heterocycles. The highest BCUT2D eigenvalue weighted by Crippen LogP contribution is 1.96. The second-order valence-corrected chi connectivity index (χ2v) is 1.95. The van der Waals surface area contributed by atoms with Crippen LogP contribution in [0.4, 0.5) is 0 Å². The summed E-state index contributed by atoms with van der Waals surface area (Å²) in [7, 11) is 0.